The molecule has 6 heteroatoms. The van der Waals surface area contributed by atoms with Crippen LogP contribution in [-0.4, -0.2) is 24.9 Å². The first kappa shape index (κ1) is 15.4. The van der Waals surface area contributed by atoms with Gasteiger partial charge >= 0.3 is 0 Å². The maximum absolute atomic E-state index is 11.8. The van der Waals surface area contributed by atoms with Gasteiger partial charge in [0.25, 0.3) is 0 Å². The van der Waals surface area contributed by atoms with Crippen LogP contribution in [0, 0.1) is 12.8 Å². The molecule has 3 N–H and O–H groups in total. The van der Waals surface area contributed by atoms with Crippen LogP contribution in [0.15, 0.2) is 18.3 Å². The average molecular weight is 297 g/mol. The lowest BCUT2D eigenvalue weighted by Gasteiger charge is -2.33. The first-order valence-corrected chi connectivity index (χ1v) is 8.95. The molecule has 1 saturated carbocycles. The van der Waals surface area contributed by atoms with E-state index in [4.69, 9.17) is 5.84 Å². The molecule has 112 valence electrons. The molecule has 1 aromatic heterocycles. The van der Waals surface area contributed by atoms with Crippen LogP contribution in [0.2, 0.25) is 0 Å². The van der Waals surface area contributed by atoms with Gasteiger partial charge in [-0.1, -0.05) is 6.42 Å². The summed E-state index contributed by atoms with van der Waals surface area (Å²) in [6, 6.07) is 3.94. The summed E-state index contributed by atoms with van der Waals surface area (Å²) in [5.74, 6) is 5.97. The first-order chi connectivity index (χ1) is 9.41. The molecular formula is C14H23N3O2S. The van der Waals surface area contributed by atoms with Crippen molar-refractivity contribution in [2.45, 2.75) is 43.9 Å². The SMILES string of the molecule is Cc1cc(C(NN)C2CCCC(S(C)(=O)=O)C2)ccn1. The van der Waals surface area contributed by atoms with Gasteiger partial charge in [-0.25, -0.2) is 8.42 Å². The summed E-state index contributed by atoms with van der Waals surface area (Å²) in [7, 11) is -2.97. The van der Waals surface area contributed by atoms with Gasteiger partial charge in [0, 0.05) is 24.2 Å². The predicted molar refractivity (Wildman–Crippen MR) is 79.6 cm³/mol. The van der Waals surface area contributed by atoms with Gasteiger partial charge in [-0.2, -0.15) is 0 Å². The highest BCUT2D eigenvalue weighted by atomic mass is 32.2. The van der Waals surface area contributed by atoms with E-state index in [0.717, 1.165) is 30.5 Å². The van der Waals surface area contributed by atoms with E-state index in [1.165, 1.54) is 6.26 Å². The van der Waals surface area contributed by atoms with Crippen LogP contribution in [0.4, 0.5) is 0 Å². The Balaban J connectivity index is 2.19. The molecule has 1 heterocycles. The summed E-state index contributed by atoms with van der Waals surface area (Å²) in [6.45, 7) is 1.94. The normalized spacial score (nSPS) is 25.4. The Morgan fingerprint density at radius 1 is 1.45 bits per heavy atom. The molecule has 1 aliphatic rings. The molecule has 0 amide bonds. The lowest BCUT2D eigenvalue weighted by atomic mass is 9.81. The molecule has 3 atom stereocenters. The number of rotatable bonds is 4. The number of nitrogens with two attached hydrogens (primary N) is 1. The van der Waals surface area contributed by atoms with E-state index in [2.05, 4.69) is 10.4 Å². The predicted octanol–water partition coefficient (Wildman–Crippen LogP) is 1.50. The van der Waals surface area contributed by atoms with Gasteiger partial charge in [-0.3, -0.25) is 16.3 Å². The molecule has 2 rings (SSSR count). The number of pyridine rings is 1. The Kier molecular flexibility index (Phi) is 4.78. The second-order valence-corrected chi connectivity index (χ2v) is 8.08. The van der Waals surface area contributed by atoms with Gasteiger partial charge in [0.2, 0.25) is 0 Å². The van der Waals surface area contributed by atoms with Gasteiger partial charge in [0.1, 0.15) is 9.84 Å². The number of nitrogens with one attached hydrogen (secondary N) is 1. The highest BCUT2D eigenvalue weighted by Crippen LogP contribution is 2.36. The van der Waals surface area contributed by atoms with Crippen LogP contribution in [0.25, 0.3) is 0 Å². The topological polar surface area (TPSA) is 85.1 Å². The first-order valence-electron chi connectivity index (χ1n) is 6.99. The van der Waals surface area contributed by atoms with Crippen molar-refractivity contribution in [2.75, 3.05) is 6.26 Å². The van der Waals surface area contributed by atoms with Gasteiger partial charge in [0.05, 0.1) is 5.25 Å². The van der Waals surface area contributed by atoms with E-state index >= 15 is 0 Å². The van der Waals surface area contributed by atoms with Crippen molar-refractivity contribution < 1.29 is 8.42 Å². The van der Waals surface area contributed by atoms with E-state index in [-0.39, 0.29) is 17.2 Å². The fourth-order valence-electron chi connectivity index (χ4n) is 3.14. The van der Waals surface area contributed by atoms with Gasteiger partial charge < -0.3 is 0 Å². The molecule has 20 heavy (non-hydrogen) atoms. The number of aryl methyl sites for hydroxylation is 1. The Morgan fingerprint density at radius 3 is 2.80 bits per heavy atom. The Bertz CT molecular complexity index is 559. The van der Waals surface area contributed by atoms with Crippen LogP contribution < -0.4 is 11.3 Å². The number of hydrogen-bond acceptors (Lipinski definition) is 5. The van der Waals surface area contributed by atoms with Crippen LogP contribution in [0.3, 0.4) is 0 Å². The van der Waals surface area contributed by atoms with Gasteiger partial charge in [-0.05, 0) is 49.8 Å². The van der Waals surface area contributed by atoms with Crippen molar-refractivity contribution in [2.24, 2.45) is 11.8 Å². The third-order valence-electron chi connectivity index (χ3n) is 4.20. The molecule has 1 fully saturated rings. The Labute approximate surface area is 120 Å². The average Bonchev–Trinajstić information content (AvgIpc) is 2.39. The monoisotopic (exact) mass is 297 g/mol. The van der Waals surface area contributed by atoms with E-state index in [1.807, 2.05) is 19.1 Å². The van der Waals surface area contributed by atoms with Crippen molar-refractivity contribution in [3.05, 3.63) is 29.6 Å². The minimum Gasteiger partial charge on any atom is -0.271 e. The molecule has 0 radical (unpaired) electrons. The highest BCUT2D eigenvalue weighted by Gasteiger charge is 2.33. The Hall–Kier alpha value is -0.980. The van der Waals surface area contributed by atoms with E-state index in [1.54, 1.807) is 6.20 Å². The molecule has 1 aliphatic carbocycles. The lowest BCUT2D eigenvalue weighted by Crippen LogP contribution is -2.38. The van der Waals surface area contributed by atoms with E-state index in [9.17, 15) is 8.42 Å². The highest BCUT2D eigenvalue weighted by molar-refractivity contribution is 7.91. The van der Waals surface area contributed by atoms with Crippen LogP contribution >= 0.6 is 0 Å². The van der Waals surface area contributed by atoms with Crippen molar-refractivity contribution in [3.63, 3.8) is 0 Å². The lowest BCUT2D eigenvalue weighted by molar-refractivity contribution is 0.274. The number of nitrogens with zero attached hydrogens (tertiary/aromatic N) is 1. The number of hydrazine groups is 1. The summed E-state index contributed by atoms with van der Waals surface area (Å²) in [5.41, 5.74) is 4.89. The maximum atomic E-state index is 11.8. The zero-order valence-electron chi connectivity index (χ0n) is 12.0. The molecule has 5 nitrogen and oxygen atoms in total. The van der Waals surface area contributed by atoms with Crippen LogP contribution in [-0.2, 0) is 9.84 Å². The summed E-state index contributed by atoms with van der Waals surface area (Å²) in [4.78, 5) is 4.19. The third kappa shape index (κ3) is 3.56. The number of aromatic nitrogens is 1. The second-order valence-electron chi connectivity index (χ2n) is 5.75. The van der Waals surface area contributed by atoms with Crippen molar-refractivity contribution >= 4 is 9.84 Å². The summed E-state index contributed by atoms with van der Waals surface area (Å²) in [6.07, 6.45) is 6.48. The fraction of sp³-hybridized carbons (Fsp3) is 0.643. The van der Waals surface area contributed by atoms with Crippen LogP contribution in [0.1, 0.15) is 43.0 Å². The fourth-order valence-corrected chi connectivity index (χ4v) is 4.33. The standard InChI is InChI=1S/C14H23N3O2S/c1-10-8-12(6-7-16-10)14(17-15)11-4-3-5-13(9-11)20(2,18)19/h6-8,11,13-14,17H,3-5,9,15H2,1-2H3. The third-order valence-corrected chi connectivity index (χ3v) is 5.84. The van der Waals surface area contributed by atoms with Crippen molar-refractivity contribution in [3.8, 4) is 0 Å². The molecule has 0 aromatic carbocycles. The quantitative estimate of drug-likeness (QED) is 0.650. The van der Waals surface area contributed by atoms with Gasteiger partial charge in [-0.15, -0.1) is 0 Å². The molecule has 0 bridgehead atoms. The second kappa shape index (κ2) is 6.20. The molecule has 0 saturated heterocycles. The number of hydrogen-bond donors (Lipinski definition) is 2. The smallest absolute Gasteiger partial charge is 0.150 e. The summed E-state index contributed by atoms with van der Waals surface area (Å²) >= 11 is 0. The van der Waals surface area contributed by atoms with E-state index in [0.29, 0.717) is 6.42 Å². The number of sulfone groups is 1. The molecule has 0 spiro atoms. The van der Waals surface area contributed by atoms with Crippen LogP contribution in [0.5, 0.6) is 0 Å². The van der Waals surface area contributed by atoms with Gasteiger partial charge in [0.15, 0.2) is 0 Å². The minimum atomic E-state index is -2.97. The van der Waals surface area contributed by atoms with Crippen molar-refractivity contribution in [1.82, 2.24) is 10.4 Å². The largest absolute Gasteiger partial charge is 0.271 e. The van der Waals surface area contributed by atoms with Crippen molar-refractivity contribution in [1.29, 1.82) is 0 Å². The maximum Gasteiger partial charge on any atom is 0.150 e. The minimum absolute atomic E-state index is 0.0127. The summed E-state index contributed by atoms with van der Waals surface area (Å²) in [5, 5.41) is -0.236. The molecule has 0 aliphatic heterocycles. The molecular weight excluding hydrogens is 274 g/mol. The zero-order valence-corrected chi connectivity index (χ0v) is 12.9. The molecule has 3 unspecified atom stereocenters. The van der Waals surface area contributed by atoms with E-state index < -0.39 is 9.84 Å². The molecule has 1 aromatic rings. The summed E-state index contributed by atoms with van der Waals surface area (Å²) < 4.78 is 23.5. The zero-order chi connectivity index (χ0) is 14.8. The Morgan fingerprint density at radius 2 is 2.20 bits per heavy atom.